The zero-order valence-corrected chi connectivity index (χ0v) is 10.1. The van der Waals surface area contributed by atoms with Crippen molar-refractivity contribution in [2.24, 2.45) is 0 Å². The summed E-state index contributed by atoms with van der Waals surface area (Å²) in [6, 6.07) is 6.14. The van der Waals surface area contributed by atoms with Crippen molar-refractivity contribution in [1.82, 2.24) is 0 Å². The third-order valence-corrected chi connectivity index (χ3v) is 3.27. The Morgan fingerprint density at radius 3 is 2.62 bits per heavy atom. The summed E-state index contributed by atoms with van der Waals surface area (Å²) >= 11 is 0. The molecule has 0 aliphatic heterocycles. The van der Waals surface area contributed by atoms with Crippen LogP contribution in [0.2, 0.25) is 0 Å². The van der Waals surface area contributed by atoms with Crippen LogP contribution in [0.4, 0.5) is 0 Å². The molecule has 0 aromatic heterocycles. The zero-order valence-electron chi connectivity index (χ0n) is 9.26. The zero-order chi connectivity index (χ0) is 12.2. The van der Waals surface area contributed by atoms with Gasteiger partial charge in [-0.1, -0.05) is 19.1 Å². The van der Waals surface area contributed by atoms with E-state index < -0.39 is 10.1 Å². The van der Waals surface area contributed by atoms with Gasteiger partial charge in [-0.2, -0.15) is 8.42 Å². The van der Waals surface area contributed by atoms with E-state index in [1.807, 2.05) is 0 Å². The first-order valence-electron chi connectivity index (χ1n) is 4.98. The molecule has 1 rings (SSSR count). The Hall–Kier alpha value is -1.36. The van der Waals surface area contributed by atoms with E-state index in [1.54, 1.807) is 19.1 Å². The maximum Gasteiger partial charge on any atom is 0.309 e. The summed E-state index contributed by atoms with van der Waals surface area (Å²) in [5.41, 5.74) is 0.434. The molecule has 0 aliphatic carbocycles. The number of Topliss-reactive ketones (excluding diaryl/α,β-unsaturated/α-hetero) is 1. The molecule has 0 unspecified atom stereocenters. The van der Waals surface area contributed by atoms with Crippen LogP contribution < -0.4 is 4.18 Å². The molecule has 88 valence electrons. The van der Waals surface area contributed by atoms with E-state index in [9.17, 15) is 13.2 Å². The molecule has 5 heteroatoms. The highest BCUT2D eigenvalue weighted by atomic mass is 32.2. The van der Waals surface area contributed by atoms with Gasteiger partial charge in [0.25, 0.3) is 0 Å². The number of hydrogen-bond donors (Lipinski definition) is 0. The van der Waals surface area contributed by atoms with Crippen molar-refractivity contribution in [3.8, 4) is 5.75 Å². The minimum absolute atomic E-state index is 0.0305. The number of ketones is 1. The predicted molar refractivity (Wildman–Crippen MR) is 61.2 cm³/mol. The summed E-state index contributed by atoms with van der Waals surface area (Å²) in [4.78, 5) is 11.1. The van der Waals surface area contributed by atoms with Crippen LogP contribution in [-0.2, 0) is 10.1 Å². The molecule has 0 saturated carbocycles. The number of benzene rings is 1. The number of rotatable bonds is 5. The maximum absolute atomic E-state index is 11.4. The highest BCUT2D eigenvalue weighted by molar-refractivity contribution is 7.87. The van der Waals surface area contributed by atoms with Gasteiger partial charge in [0.1, 0.15) is 5.75 Å². The fraction of sp³-hybridized carbons (Fsp3) is 0.364. The summed E-state index contributed by atoms with van der Waals surface area (Å²) in [5.74, 6) is 0.0246. The van der Waals surface area contributed by atoms with Gasteiger partial charge in [-0.3, -0.25) is 4.79 Å². The van der Waals surface area contributed by atoms with Crippen molar-refractivity contribution in [1.29, 1.82) is 0 Å². The Kier molecular flexibility index (Phi) is 4.06. The lowest BCUT2D eigenvalue weighted by Gasteiger charge is -2.06. The van der Waals surface area contributed by atoms with E-state index in [0.717, 1.165) is 0 Å². The second kappa shape index (κ2) is 5.12. The van der Waals surface area contributed by atoms with Gasteiger partial charge in [0.15, 0.2) is 5.78 Å². The average Bonchev–Trinajstić information content (AvgIpc) is 2.17. The summed E-state index contributed by atoms with van der Waals surface area (Å²) in [5, 5.41) is 0. The molecule has 1 aromatic carbocycles. The monoisotopic (exact) mass is 242 g/mol. The normalized spacial score (nSPS) is 11.1. The molecule has 0 heterocycles. The van der Waals surface area contributed by atoms with Crippen molar-refractivity contribution < 1.29 is 17.4 Å². The first kappa shape index (κ1) is 12.7. The Bertz CT molecular complexity index is 477. The van der Waals surface area contributed by atoms with Gasteiger partial charge in [-0.05, 0) is 25.5 Å². The quantitative estimate of drug-likeness (QED) is 0.585. The van der Waals surface area contributed by atoms with Crippen molar-refractivity contribution in [3.63, 3.8) is 0 Å². The minimum Gasteiger partial charge on any atom is -0.382 e. The molecular formula is C11H14O4S. The van der Waals surface area contributed by atoms with E-state index >= 15 is 0 Å². The molecule has 0 atom stereocenters. The second-order valence-corrected chi connectivity index (χ2v) is 5.12. The number of hydrogen-bond acceptors (Lipinski definition) is 4. The Balaban J connectivity index is 2.90. The van der Waals surface area contributed by atoms with Crippen LogP contribution >= 0.6 is 0 Å². The van der Waals surface area contributed by atoms with Crippen molar-refractivity contribution in [3.05, 3.63) is 29.8 Å². The van der Waals surface area contributed by atoms with Gasteiger partial charge in [0, 0.05) is 5.56 Å². The van der Waals surface area contributed by atoms with Crippen molar-refractivity contribution >= 4 is 15.9 Å². The standard InChI is InChI=1S/C11H14O4S/c1-3-7-16(13,14)15-11-6-4-5-10(8-11)9(2)12/h4-6,8H,3,7H2,1-2H3. The third-order valence-electron chi connectivity index (χ3n) is 1.92. The highest BCUT2D eigenvalue weighted by Crippen LogP contribution is 2.16. The lowest BCUT2D eigenvalue weighted by Crippen LogP contribution is -2.13. The lowest BCUT2D eigenvalue weighted by atomic mass is 10.1. The fourth-order valence-corrected chi connectivity index (χ4v) is 2.19. The fourth-order valence-electron chi connectivity index (χ4n) is 1.21. The average molecular weight is 242 g/mol. The van der Waals surface area contributed by atoms with Crippen LogP contribution in [0.5, 0.6) is 5.75 Å². The predicted octanol–water partition coefficient (Wildman–Crippen LogP) is 2.01. The second-order valence-electron chi connectivity index (χ2n) is 3.43. The van der Waals surface area contributed by atoms with Crippen molar-refractivity contribution in [2.45, 2.75) is 20.3 Å². The van der Waals surface area contributed by atoms with Crippen molar-refractivity contribution in [2.75, 3.05) is 5.75 Å². The molecule has 0 radical (unpaired) electrons. The van der Waals surface area contributed by atoms with Gasteiger partial charge < -0.3 is 4.18 Å². The van der Waals surface area contributed by atoms with Crippen LogP contribution in [0.25, 0.3) is 0 Å². The van der Waals surface area contributed by atoms with Crippen LogP contribution in [0.1, 0.15) is 30.6 Å². The molecule has 16 heavy (non-hydrogen) atoms. The number of carbonyl (C=O) groups excluding carboxylic acids is 1. The molecule has 1 aromatic rings. The summed E-state index contributed by atoms with van der Waals surface area (Å²) in [7, 11) is -3.54. The summed E-state index contributed by atoms with van der Waals surface area (Å²) in [6.45, 7) is 3.17. The molecule has 0 amide bonds. The molecule has 0 N–H and O–H groups in total. The maximum atomic E-state index is 11.4. The highest BCUT2D eigenvalue weighted by Gasteiger charge is 2.11. The molecule has 0 saturated heterocycles. The van der Waals surface area contributed by atoms with Gasteiger partial charge >= 0.3 is 10.1 Å². The summed E-state index contributed by atoms with van der Waals surface area (Å²) in [6.07, 6.45) is 0.495. The number of carbonyl (C=O) groups is 1. The third kappa shape index (κ3) is 3.66. The van der Waals surface area contributed by atoms with E-state index in [4.69, 9.17) is 4.18 Å². The van der Waals surface area contributed by atoms with Crippen LogP contribution in [0, 0.1) is 0 Å². The van der Waals surface area contributed by atoms with Crippen LogP contribution in [0.15, 0.2) is 24.3 Å². The first-order valence-corrected chi connectivity index (χ1v) is 6.55. The van der Waals surface area contributed by atoms with Gasteiger partial charge in [-0.15, -0.1) is 0 Å². The molecular weight excluding hydrogens is 228 g/mol. The topological polar surface area (TPSA) is 60.4 Å². The minimum atomic E-state index is -3.54. The first-order chi connectivity index (χ1) is 7.44. The van der Waals surface area contributed by atoms with Crippen LogP contribution in [-0.4, -0.2) is 20.0 Å². The Morgan fingerprint density at radius 1 is 1.38 bits per heavy atom. The molecule has 0 aliphatic rings. The van der Waals surface area contributed by atoms with E-state index in [0.29, 0.717) is 12.0 Å². The van der Waals surface area contributed by atoms with E-state index in [2.05, 4.69) is 0 Å². The SMILES string of the molecule is CCCS(=O)(=O)Oc1cccc(C(C)=O)c1. The molecule has 0 fully saturated rings. The van der Waals surface area contributed by atoms with Crippen LogP contribution in [0.3, 0.4) is 0 Å². The largest absolute Gasteiger partial charge is 0.382 e. The van der Waals surface area contributed by atoms with Gasteiger partial charge in [-0.25, -0.2) is 0 Å². The summed E-state index contributed by atoms with van der Waals surface area (Å²) < 4.78 is 27.6. The van der Waals surface area contributed by atoms with E-state index in [1.165, 1.54) is 19.1 Å². The van der Waals surface area contributed by atoms with Gasteiger partial charge in [0.2, 0.25) is 0 Å². The van der Waals surface area contributed by atoms with E-state index in [-0.39, 0.29) is 17.3 Å². The lowest BCUT2D eigenvalue weighted by molar-refractivity contribution is 0.101. The Morgan fingerprint density at radius 2 is 2.06 bits per heavy atom. The smallest absolute Gasteiger partial charge is 0.309 e. The molecule has 0 bridgehead atoms. The van der Waals surface area contributed by atoms with Gasteiger partial charge in [0.05, 0.1) is 5.75 Å². The molecule has 4 nitrogen and oxygen atoms in total. The Labute approximate surface area is 95.4 Å². The molecule has 0 spiro atoms.